The van der Waals surface area contributed by atoms with Crippen LogP contribution < -0.4 is 0 Å². The van der Waals surface area contributed by atoms with E-state index in [1.54, 1.807) is 34.4 Å². The highest BCUT2D eigenvalue weighted by molar-refractivity contribution is 9.10. The molecule has 1 amide bonds. The number of hydrogen-bond donors (Lipinski definition) is 0. The Morgan fingerprint density at radius 3 is 3.09 bits per heavy atom. The molecule has 0 aromatic carbocycles. The number of aromatic nitrogens is 3. The number of halogens is 1. The number of hydrogen-bond acceptors (Lipinski definition) is 4. The summed E-state index contributed by atoms with van der Waals surface area (Å²) in [6, 6.07) is 3.89. The number of carbonyl (C=O) groups is 1. The number of rotatable bonds is 4. The SMILES string of the molecule is CN(C(=O)Cn1cc(Br)cn1)[C@H]1CCO[C@@H]1c1cccnc1. The van der Waals surface area contributed by atoms with E-state index in [9.17, 15) is 4.79 Å². The molecule has 116 valence electrons. The van der Waals surface area contributed by atoms with Crippen molar-refractivity contribution in [3.63, 3.8) is 0 Å². The molecule has 0 radical (unpaired) electrons. The van der Waals surface area contributed by atoms with E-state index in [2.05, 4.69) is 26.0 Å². The average Bonchev–Trinajstić information content (AvgIpc) is 3.16. The largest absolute Gasteiger partial charge is 0.371 e. The first kappa shape index (κ1) is 15.2. The summed E-state index contributed by atoms with van der Waals surface area (Å²) in [5, 5.41) is 4.12. The zero-order chi connectivity index (χ0) is 15.5. The van der Waals surface area contributed by atoms with Gasteiger partial charge in [0.05, 0.1) is 16.7 Å². The smallest absolute Gasteiger partial charge is 0.244 e. The number of amides is 1. The molecule has 2 atom stereocenters. The highest BCUT2D eigenvalue weighted by atomic mass is 79.9. The van der Waals surface area contributed by atoms with E-state index in [4.69, 9.17) is 4.74 Å². The lowest BCUT2D eigenvalue weighted by Gasteiger charge is -2.28. The Morgan fingerprint density at radius 2 is 2.41 bits per heavy atom. The minimum atomic E-state index is -0.119. The molecule has 3 heterocycles. The summed E-state index contributed by atoms with van der Waals surface area (Å²) in [6.45, 7) is 0.869. The van der Waals surface area contributed by atoms with Gasteiger partial charge in [0.15, 0.2) is 0 Å². The topological polar surface area (TPSA) is 60.2 Å². The van der Waals surface area contributed by atoms with Gasteiger partial charge in [0.1, 0.15) is 12.6 Å². The maximum absolute atomic E-state index is 12.5. The fourth-order valence-corrected chi connectivity index (χ4v) is 3.03. The summed E-state index contributed by atoms with van der Waals surface area (Å²) in [4.78, 5) is 18.4. The minimum Gasteiger partial charge on any atom is -0.371 e. The Hall–Kier alpha value is -1.73. The van der Waals surface area contributed by atoms with Crippen molar-refractivity contribution in [2.75, 3.05) is 13.7 Å². The summed E-state index contributed by atoms with van der Waals surface area (Å²) in [7, 11) is 1.82. The molecule has 2 aromatic heterocycles. The van der Waals surface area contributed by atoms with E-state index in [0.29, 0.717) is 6.61 Å². The molecule has 0 spiro atoms. The van der Waals surface area contributed by atoms with Crippen LogP contribution in [0, 0.1) is 0 Å². The molecule has 1 saturated heterocycles. The van der Waals surface area contributed by atoms with Crippen molar-refractivity contribution in [1.82, 2.24) is 19.7 Å². The third-order valence-corrected chi connectivity index (χ3v) is 4.27. The summed E-state index contributed by atoms with van der Waals surface area (Å²) in [6.07, 6.45) is 7.70. The van der Waals surface area contributed by atoms with Gasteiger partial charge in [-0.1, -0.05) is 6.07 Å². The van der Waals surface area contributed by atoms with Gasteiger partial charge in [0.25, 0.3) is 0 Å². The average molecular weight is 365 g/mol. The van der Waals surface area contributed by atoms with Crippen molar-refractivity contribution in [2.24, 2.45) is 0 Å². The first-order valence-corrected chi connectivity index (χ1v) is 7.89. The second-order valence-electron chi connectivity index (χ2n) is 5.29. The van der Waals surface area contributed by atoms with E-state index >= 15 is 0 Å². The van der Waals surface area contributed by atoms with Gasteiger partial charge in [-0.3, -0.25) is 14.5 Å². The fraction of sp³-hybridized carbons (Fsp3) is 0.400. The highest BCUT2D eigenvalue weighted by Gasteiger charge is 2.34. The molecule has 1 fully saturated rings. The van der Waals surface area contributed by atoms with Crippen LogP contribution in [-0.4, -0.2) is 45.3 Å². The number of nitrogens with zero attached hydrogens (tertiary/aromatic N) is 4. The van der Waals surface area contributed by atoms with Crippen molar-refractivity contribution in [2.45, 2.75) is 25.1 Å². The van der Waals surface area contributed by atoms with Crippen LogP contribution in [0.5, 0.6) is 0 Å². The van der Waals surface area contributed by atoms with Crippen LogP contribution in [0.3, 0.4) is 0 Å². The number of pyridine rings is 1. The molecule has 7 heteroatoms. The lowest BCUT2D eigenvalue weighted by atomic mass is 10.0. The van der Waals surface area contributed by atoms with Gasteiger partial charge < -0.3 is 9.64 Å². The molecule has 0 bridgehead atoms. The van der Waals surface area contributed by atoms with Gasteiger partial charge in [-0.05, 0) is 28.4 Å². The lowest BCUT2D eigenvalue weighted by Crippen LogP contribution is -2.40. The molecule has 1 aliphatic heterocycles. The Balaban J connectivity index is 1.70. The molecule has 0 N–H and O–H groups in total. The highest BCUT2D eigenvalue weighted by Crippen LogP contribution is 2.31. The normalized spacial score (nSPS) is 21.0. The molecular weight excluding hydrogens is 348 g/mol. The molecular formula is C15H17BrN4O2. The third-order valence-electron chi connectivity index (χ3n) is 3.86. The maximum atomic E-state index is 12.5. The zero-order valence-electron chi connectivity index (χ0n) is 12.2. The number of likely N-dealkylation sites (N-methyl/N-ethyl adjacent to an activating group) is 1. The molecule has 3 rings (SSSR count). The second-order valence-corrected chi connectivity index (χ2v) is 6.21. The second kappa shape index (κ2) is 6.58. The Bertz CT molecular complexity index is 646. The molecule has 0 unspecified atom stereocenters. The predicted molar refractivity (Wildman–Crippen MR) is 84.0 cm³/mol. The number of carbonyl (C=O) groups excluding carboxylic acids is 1. The maximum Gasteiger partial charge on any atom is 0.244 e. The van der Waals surface area contributed by atoms with Crippen LogP contribution >= 0.6 is 15.9 Å². The van der Waals surface area contributed by atoms with Gasteiger partial charge in [-0.2, -0.15) is 5.10 Å². The molecule has 0 saturated carbocycles. The van der Waals surface area contributed by atoms with Gasteiger partial charge in [0, 0.05) is 37.8 Å². The van der Waals surface area contributed by atoms with Gasteiger partial charge in [-0.25, -0.2) is 0 Å². The Kier molecular flexibility index (Phi) is 4.54. The summed E-state index contributed by atoms with van der Waals surface area (Å²) in [5.74, 6) is 0.0139. The quantitative estimate of drug-likeness (QED) is 0.832. The first-order valence-electron chi connectivity index (χ1n) is 7.10. The van der Waals surface area contributed by atoms with Crippen molar-refractivity contribution >= 4 is 21.8 Å². The monoisotopic (exact) mass is 364 g/mol. The van der Waals surface area contributed by atoms with Crippen LogP contribution in [0.15, 0.2) is 41.4 Å². The van der Waals surface area contributed by atoms with E-state index in [1.807, 2.05) is 19.2 Å². The third kappa shape index (κ3) is 3.20. The van der Waals surface area contributed by atoms with Gasteiger partial charge in [0.2, 0.25) is 5.91 Å². The van der Waals surface area contributed by atoms with E-state index < -0.39 is 0 Å². The predicted octanol–water partition coefficient (Wildman–Crippen LogP) is 2.03. The summed E-state index contributed by atoms with van der Waals surface area (Å²) < 4.78 is 8.30. The lowest BCUT2D eigenvalue weighted by molar-refractivity contribution is -0.134. The van der Waals surface area contributed by atoms with Crippen LogP contribution in [0.4, 0.5) is 0 Å². The minimum absolute atomic E-state index is 0.0139. The van der Waals surface area contributed by atoms with Crippen LogP contribution in [0.25, 0.3) is 0 Å². The van der Waals surface area contributed by atoms with Crippen LogP contribution in [0.1, 0.15) is 18.1 Å². The van der Waals surface area contributed by atoms with Crippen molar-refractivity contribution in [3.8, 4) is 0 Å². The van der Waals surface area contributed by atoms with Crippen molar-refractivity contribution in [3.05, 3.63) is 47.0 Å². The van der Waals surface area contributed by atoms with Crippen molar-refractivity contribution < 1.29 is 9.53 Å². The fourth-order valence-electron chi connectivity index (χ4n) is 2.70. The van der Waals surface area contributed by atoms with Crippen molar-refractivity contribution in [1.29, 1.82) is 0 Å². The van der Waals surface area contributed by atoms with E-state index in [-0.39, 0.29) is 24.6 Å². The summed E-state index contributed by atoms with van der Waals surface area (Å²) in [5.41, 5.74) is 1.01. The Labute approximate surface area is 137 Å². The molecule has 22 heavy (non-hydrogen) atoms. The van der Waals surface area contributed by atoms with E-state index in [1.165, 1.54) is 0 Å². The molecule has 0 aliphatic carbocycles. The molecule has 1 aliphatic rings. The molecule has 2 aromatic rings. The first-order chi connectivity index (χ1) is 10.6. The standard InChI is InChI=1S/C15H17BrN4O2/c1-19(14(21)10-20-9-12(16)8-18-20)13-4-6-22-15(13)11-3-2-5-17-7-11/h2-3,5,7-9,13,15H,4,6,10H2,1H3/t13-,15+/m0/s1. The Morgan fingerprint density at radius 1 is 1.55 bits per heavy atom. The van der Waals surface area contributed by atoms with Gasteiger partial charge >= 0.3 is 0 Å². The molecule has 6 nitrogen and oxygen atoms in total. The van der Waals surface area contributed by atoms with Crippen LogP contribution in [-0.2, 0) is 16.1 Å². The summed E-state index contributed by atoms with van der Waals surface area (Å²) >= 11 is 3.33. The van der Waals surface area contributed by atoms with E-state index in [0.717, 1.165) is 16.5 Å². The number of ether oxygens (including phenoxy) is 1. The van der Waals surface area contributed by atoms with Crippen LogP contribution in [0.2, 0.25) is 0 Å². The zero-order valence-corrected chi connectivity index (χ0v) is 13.8. The van der Waals surface area contributed by atoms with Gasteiger partial charge in [-0.15, -0.1) is 0 Å².